The fourth-order valence-corrected chi connectivity index (χ4v) is 7.44. The van der Waals surface area contributed by atoms with E-state index in [2.05, 4.69) is 26.0 Å². The van der Waals surface area contributed by atoms with Gasteiger partial charge in [-0.15, -0.1) is 0 Å². The van der Waals surface area contributed by atoms with Crippen molar-refractivity contribution in [1.82, 2.24) is 0 Å². The highest BCUT2D eigenvalue weighted by atomic mass is 16.5. The highest BCUT2D eigenvalue weighted by Gasteiger charge is 2.64. The van der Waals surface area contributed by atoms with Gasteiger partial charge in [-0.1, -0.05) is 26.0 Å². The van der Waals surface area contributed by atoms with Gasteiger partial charge in [0.2, 0.25) is 0 Å². The van der Waals surface area contributed by atoms with Crippen LogP contribution in [0.5, 0.6) is 0 Å². The summed E-state index contributed by atoms with van der Waals surface area (Å²) in [5.74, 6) is 2.49. The van der Waals surface area contributed by atoms with E-state index in [1.165, 1.54) is 44.1 Å². The van der Waals surface area contributed by atoms with Crippen LogP contribution in [0, 0.1) is 28.6 Å². The molecule has 1 spiro atoms. The van der Waals surface area contributed by atoms with Crippen molar-refractivity contribution in [1.29, 1.82) is 0 Å². The summed E-state index contributed by atoms with van der Waals surface area (Å²) in [6, 6.07) is 0. The number of carbonyl (C=O) groups is 1. The maximum absolute atomic E-state index is 11.9. The number of ether oxygens (including phenoxy) is 1. The van der Waals surface area contributed by atoms with E-state index in [1.807, 2.05) is 6.08 Å². The molecule has 1 saturated heterocycles. The first-order chi connectivity index (χ1) is 11.5. The maximum atomic E-state index is 11.9. The molecule has 6 atom stereocenters. The first kappa shape index (κ1) is 15.4. The highest BCUT2D eigenvalue weighted by molar-refractivity contribution is 5.92. The topological polar surface area (TPSA) is 26.3 Å². The first-order valence-electron chi connectivity index (χ1n) is 10.1. The van der Waals surface area contributed by atoms with E-state index in [-0.39, 0.29) is 11.0 Å². The average molecular weight is 326 g/mol. The molecule has 2 heteroatoms. The molecule has 0 amide bonds. The van der Waals surface area contributed by atoms with Crippen LogP contribution >= 0.6 is 0 Å². The first-order valence-corrected chi connectivity index (χ1v) is 10.1. The number of allylic oxidation sites excluding steroid dienone is 4. The van der Waals surface area contributed by atoms with Gasteiger partial charge in [0.15, 0.2) is 5.78 Å². The Morgan fingerprint density at radius 3 is 2.71 bits per heavy atom. The Kier molecular flexibility index (Phi) is 3.10. The Bertz CT molecular complexity index is 638. The third kappa shape index (κ3) is 1.74. The molecule has 4 aliphatic carbocycles. The van der Waals surface area contributed by atoms with Gasteiger partial charge >= 0.3 is 0 Å². The molecule has 0 aromatic heterocycles. The van der Waals surface area contributed by atoms with Crippen LogP contribution in [0.25, 0.3) is 0 Å². The SMILES string of the molecule is CC12CCC(=O)C=C1C=CC1C2CCC2(C)C1CC[C@@]21CCCO1. The summed E-state index contributed by atoms with van der Waals surface area (Å²) >= 11 is 0. The zero-order chi connectivity index (χ0) is 16.6. The fraction of sp³-hybridized carbons (Fsp3) is 0.773. The molecule has 1 heterocycles. The van der Waals surface area contributed by atoms with E-state index in [4.69, 9.17) is 4.74 Å². The summed E-state index contributed by atoms with van der Waals surface area (Å²) in [7, 11) is 0. The molecule has 24 heavy (non-hydrogen) atoms. The molecule has 3 fully saturated rings. The molecule has 0 radical (unpaired) electrons. The quantitative estimate of drug-likeness (QED) is 0.636. The Morgan fingerprint density at radius 2 is 1.92 bits per heavy atom. The minimum Gasteiger partial charge on any atom is -0.374 e. The number of carbonyl (C=O) groups excluding carboxylic acids is 1. The highest BCUT2D eigenvalue weighted by Crippen LogP contribution is 2.68. The molecular formula is C22H30O2. The van der Waals surface area contributed by atoms with Crippen LogP contribution in [0.2, 0.25) is 0 Å². The second-order valence-electron chi connectivity index (χ2n) is 9.57. The molecular weight excluding hydrogens is 296 g/mol. The lowest BCUT2D eigenvalue weighted by Crippen LogP contribution is -2.53. The largest absolute Gasteiger partial charge is 0.374 e. The molecule has 5 aliphatic rings. The molecule has 2 saturated carbocycles. The Morgan fingerprint density at radius 1 is 1.08 bits per heavy atom. The van der Waals surface area contributed by atoms with Gasteiger partial charge in [-0.3, -0.25) is 4.79 Å². The lowest BCUT2D eigenvalue weighted by molar-refractivity contribution is -0.125. The third-order valence-electron chi connectivity index (χ3n) is 8.91. The molecule has 0 aromatic rings. The number of ketones is 1. The van der Waals surface area contributed by atoms with E-state index in [0.29, 0.717) is 17.1 Å². The summed E-state index contributed by atoms with van der Waals surface area (Å²) in [6.07, 6.45) is 16.3. The lowest BCUT2D eigenvalue weighted by atomic mass is 9.48. The van der Waals surface area contributed by atoms with Crippen molar-refractivity contribution < 1.29 is 9.53 Å². The van der Waals surface area contributed by atoms with Gasteiger partial charge < -0.3 is 4.74 Å². The van der Waals surface area contributed by atoms with Crippen molar-refractivity contribution in [2.45, 2.75) is 70.8 Å². The Hall–Kier alpha value is -0.890. The van der Waals surface area contributed by atoms with Gasteiger partial charge in [-0.2, -0.15) is 0 Å². The van der Waals surface area contributed by atoms with Gasteiger partial charge in [-0.05, 0) is 85.2 Å². The third-order valence-corrected chi connectivity index (χ3v) is 8.91. The summed E-state index contributed by atoms with van der Waals surface area (Å²) in [4.78, 5) is 11.9. The molecule has 0 bridgehead atoms. The maximum Gasteiger partial charge on any atom is 0.156 e. The van der Waals surface area contributed by atoms with Crippen LogP contribution < -0.4 is 0 Å². The summed E-state index contributed by atoms with van der Waals surface area (Å²) in [5, 5.41) is 0. The summed E-state index contributed by atoms with van der Waals surface area (Å²) < 4.78 is 6.42. The lowest BCUT2D eigenvalue weighted by Gasteiger charge is -2.57. The molecule has 130 valence electrons. The van der Waals surface area contributed by atoms with Crippen molar-refractivity contribution in [3.8, 4) is 0 Å². The van der Waals surface area contributed by atoms with E-state index >= 15 is 0 Å². The number of hydrogen-bond donors (Lipinski definition) is 0. The van der Waals surface area contributed by atoms with E-state index in [9.17, 15) is 4.79 Å². The van der Waals surface area contributed by atoms with Crippen molar-refractivity contribution in [2.24, 2.45) is 28.6 Å². The zero-order valence-corrected chi connectivity index (χ0v) is 15.1. The van der Waals surface area contributed by atoms with Crippen LogP contribution in [0.4, 0.5) is 0 Å². The van der Waals surface area contributed by atoms with Gasteiger partial charge in [0, 0.05) is 13.0 Å². The standard InChI is InChI=1S/C22H30O2/c1-20-10-6-16(23)14-15(20)4-5-17-18(20)7-11-21(2)19(17)8-12-22(21)9-3-13-24-22/h4-5,14,17-19H,3,6-13H2,1-2H3/t17?,18?,19?,20?,21?,22-/m0/s1. The predicted molar refractivity (Wildman–Crippen MR) is 94.5 cm³/mol. The van der Waals surface area contributed by atoms with E-state index in [0.717, 1.165) is 31.3 Å². The van der Waals surface area contributed by atoms with Crippen LogP contribution in [-0.2, 0) is 9.53 Å². The van der Waals surface area contributed by atoms with Gasteiger partial charge in [0.05, 0.1) is 5.60 Å². The van der Waals surface area contributed by atoms with Gasteiger partial charge in [0.25, 0.3) is 0 Å². The minimum absolute atomic E-state index is 0.177. The molecule has 0 N–H and O–H groups in total. The monoisotopic (exact) mass is 326 g/mol. The van der Waals surface area contributed by atoms with Crippen LogP contribution in [0.3, 0.4) is 0 Å². The smallest absolute Gasteiger partial charge is 0.156 e. The normalized spacial score (nSPS) is 52.8. The number of fused-ring (bicyclic) bond motifs is 6. The van der Waals surface area contributed by atoms with Crippen molar-refractivity contribution in [3.05, 3.63) is 23.8 Å². The molecule has 5 unspecified atom stereocenters. The Labute approximate surface area is 145 Å². The number of rotatable bonds is 0. The molecule has 1 aliphatic heterocycles. The van der Waals surface area contributed by atoms with Gasteiger partial charge in [-0.25, -0.2) is 0 Å². The van der Waals surface area contributed by atoms with Crippen molar-refractivity contribution in [2.75, 3.05) is 6.61 Å². The second kappa shape index (κ2) is 4.84. The average Bonchev–Trinajstić information content (AvgIpc) is 3.15. The van der Waals surface area contributed by atoms with Crippen LogP contribution in [-0.4, -0.2) is 18.0 Å². The zero-order valence-electron chi connectivity index (χ0n) is 15.1. The van der Waals surface area contributed by atoms with Crippen molar-refractivity contribution >= 4 is 5.78 Å². The molecule has 5 rings (SSSR count). The minimum atomic E-state index is 0.177. The fourth-order valence-electron chi connectivity index (χ4n) is 7.44. The molecule has 2 nitrogen and oxygen atoms in total. The molecule has 0 aromatic carbocycles. The van der Waals surface area contributed by atoms with Gasteiger partial charge in [0.1, 0.15) is 0 Å². The van der Waals surface area contributed by atoms with Crippen LogP contribution in [0.1, 0.15) is 65.2 Å². The predicted octanol–water partition coefficient (Wildman–Crippen LogP) is 4.84. The second-order valence-corrected chi connectivity index (χ2v) is 9.57. The summed E-state index contributed by atoms with van der Waals surface area (Å²) in [5.41, 5.74) is 2.07. The van der Waals surface area contributed by atoms with E-state index in [1.54, 1.807) is 0 Å². The number of hydrogen-bond acceptors (Lipinski definition) is 2. The van der Waals surface area contributed by atoms with Crippen molar-refractivity contribution in [3.63, 3.8) is 0 Å². The van der Waals surface area contributed by atoms with Crippen LogP contribution in [0.15, 0.2) is 23.8 Å². The summed E-state index contributed by atoms with van der Waals surface area (Å²) in [6.45, 7) is 5.95. The Balaban J connectivity index is 1.54. The van der Waals surface area contributed by atoms with E-state index < -0.39 is 0 Å².